The molecule has 5 amide bonds. The summed E-state index contributed by atoms with van der Waals surface area (Å²) in [5, 5.41) is 5.86. The Hall–Kier alpha value is -3.43. The Kier molecular flexibility index (Phi) is 6.11. The highest BCUT2D eigenvalue weighted by Gasteiger charge is 2.48. The van der Waals surface area contributed by atoms with E-state index < -0.39 is 24.1 Å². The number of rotatable bonds is 5. The molecule has 1 saturated heterocycles. The number of amides is 5. The summed E-state index contributed by atoms with van der Waals surface area (Å²) in [5.41, 5.74) is 0.816. The fourth-order valence-electron chi connectivity index (χ4n) is 4.50. The summed E-state index contributed by atoms with van der Waals surface area (Å²) in [6.07, 6.45) is 6.12. The van der Waals surface area contributed by atoms with Gasteiger partial charge in [-0.2, -0.15) is 0 Å². The first-order valence-electron chi connectivity index (χ1n) is 10.9. The number of fused-ring (bicyclic) bond motifs is 1. The topological polar surface area (TPSA) is 114 Å². The highest BCUT2D eigenvalue weighted by molar-refractivity contribution is 6.05. The number of likely N-dealkylation sites (N-methyl/N-ethyl adjacent to an activating group) is 2. The summed E-state index contributed by atoms with van der Waals surface area (Å²) in [7, 11) is 2.99. The number of hydrogen-bond acceptors (Lipinski definition) is 6. The number of carbonyl (C=O) groups excluding carboxylic acids is 4. The molecule has 1 aromatic carbocycles. The monoisotopic (exact) mass is 440 g/mol. The number of anilines is 1. The second-order valence-electron chi connectivity index (χ2n) is 8.49. The summed E-state index contributed by atoms with van der Waals surface area (Å²) in [6.45, 7) is -0.134. The van der Waals surface area contributed by atoms with Gasteiger partial charge in [0.05, 0.1) is 24.1 Å². The second kappa shape index (κ2) is 8.97. The molecule has 1 saturated carbocycles. The number of nitrogens with one attached hydrogen (secondary N) is 2. The first-order chi connectivity index (χ1) is 15.4. The number of benzene rings is 1. The van der Waals surface area contributed by atoms with E-state index in [4.69, 9.17) is 0 Å². The quantitative estimate of drug-likeness (QED) is 0.715. The predicted octanol–water partition coefficient (Wildman–Crippen LogP) is 1.25. The van der Waals surface area contributed by atoms with E-state index in [1.165, 1.54) is 29.6 Å². The molecule has 32 heavy (non-hydrogen) atoms. The van der Waals surface area contributed by atoms with Crippen molar-refractivity contribution in [2.24, 2.45) is 4.99 Å². The SMILES string of the molecule is CN1C(=O)C2C(N=CN2CC(=O)Nc2ccccc2C(=O)NC2CCCCC2)N(C)C1=O. The number of imide groups is 1. The van der Waals surface area contributed by atoms with E-state index >= 15 is 0 Å². The van der Waals surface area contributed by atoms with Gasteiger partial charge in [0.15, 0.2) is 12.2 Å². The Labute approximate surface area is 186 Å². The molecule has 2 heterocycles. The lowest BCUT2D eigenvalue weighted by atomic mass is 9.95. The zero-order chi connectivity index (χ0) is 22.8. The molecule has 0 bridgehead atoms. The molecule has 2 atom stereocenters. The summed E-state index contributed by atoms with van der Waals surface area (Å²) in [4.78, 5) is 58.5. The van der Waals surface area contributed by atoms with Crippen molar-refractivity contribution >= 4 is 35.8 Å². The highest BCUT2D eigenvalue weighted by atomic mass is 16.2. The van der Waals surface area contributed by atoms with Gasteiger partial charge >= 0.3 is 6.03 Å². The number of nitrogens with zero attached hydrogens (tertiary/aromatic N) is 4. The summed E-state index contributed by atoms with van der Waals surface area (Å²) >= 11 is 0. The van der Waals surface area contributed by atoms with Gasteiger partial charge in [0.1, 0.15) is 0 Å². The van der Waals surface area contributed by atoms with Crippen molar-refractivity contribution in [2.45, 2.75) is 50.4 Å². The molecular weight excluding hydrogens is 412 g/mol. The lowest BCUT2D eigenvalue weighted by molar-refractivity contribution is -0.136. The smallest absolute Gasteiger partial charge is 0.328 e. The molecule has 2 unspecified atom stereocenters. The van der Waals surface area contributed by atoms with Crippen molar-refractivity contribution in [3.8, 4) is 0 Å². The largest absolute Gasteiger partial charge is 0.349 e. The average molecular weight is 441 g/mol. The maximum absolute atomic E-state index is 12.8. The van der Waals surface area contributed by atoms with Gasteiger partial charge in [-0.3, -0.25) is 19.3 Å². The Morgan fingerprint density at radius 2 is 1.81 bits per heavy atom. The predicted molar refractivity (Wildman–Crippen MR) is 118 cm³/mol. The van der Waals surface area contributed by atoms with Gasteiger partial charge in [-0.1, -0.05) is 31.4 Å². The van der Waals surface area contributed by atoms with Crippen molar-refractivity contribution in [1.29, 1.82) is 0 Å². The summed E-state index contributed by atoms with van der Waals surface area (Å²) < 4.78 is 0. The van der Waals surface area contributed by atoms with E-state index in [1.807, 2.05) is 0 Å². The van der Waals surface area contributed by atoms with Crippen LogP contribution in [0.5, 0.6) is 0 Å². The van der Waals surface area contributed by atoms with Crippen LogP contribution in [0.2, 0.25) is 0 Å². The molecule has 170 valence electrons. The van der Waals surface area contributed by atoms with Crippen LogP contribution >= 0.6 is 0 Å². The zero-order valence-corrected chi connectivity index (χ0v) is 18.3. The molecule has 0 radical (unpaired) electrons. The maximum atomic E-state index is 12.8. The van der Waals surface area contributed by atoms with Crippen molar-refractivity contribution in [2.75, 3.05) is 26.0 Å². The van der Waals surface area contributed by atoms with Crippen molar-refractivity contribution in [1.82, 2.24) is 20.0 Å². The zero-order valence-electron chi connectivity index (χ0n) is 18.3. The highest BCUT2D eigenvalue weighted by Crippen LogP contribution is 2.25. The van der Waals surface area contributed by atoms with E-state index in [-0.39, 0.29) is 24.4 Å². The summed E-state index contributed by atoms with van der Waals surface area (Å²) in [5.74, 6) is -1.000. The molecule has 0 spiro atoms. The number of hydrogen-bond donors (Lipinski definition) is 2. The van der Waals surface area contributed by atoms with E-state index in [1.54, 1.807) is 31.3 Å². The van der Waals surface area contributed by atoms with Crippen LogP contribution in [0.4, 0.5) is 10.5 Å². The van der Waals surface area contributed by atoms with Gasteiger partial charge in [-0.15, -0.1) is 0 Å². The Morgan fingerprint density at radius 1 is 1.09 bits per heavy atom. The fourth-order valence-corrected chi connectivity index (χ4v) is 4.50. The molecule has 2 fully saturated rings. The van der Waals surface area contributed by atoms with Gasteiger partial charge in [0.25, 0.3) is 11.8 Å². The minimum absolute atomic E-state index is 0.134. The number of urea groups is 1. The van der Waals surface area contributed by atoms with Crippen molar-refractivity contribution < 1.29 is 19.2 Å². The Morgan fingerprint density at radius 3 is 2.56 bits per heavy atom. The first kappa shape index (κ1) is 21.8. The van der Waals surface area contributed by atoms with Crippen LogP contribution in [0.1, 0.15) is 42.5 Å². The van der Waals surface area contributed by atoms with Crippen LogP contribution in [-0.4, -0.2) is 83.7 Å². The third kappa shape index (κ3) is 4.17. The molecule has 1 aliphatic carbocycles. The number of aliphatic imine (C=N–C) groups is 1. The molecule has 10 nitrogen and oxygen atoms in total. The van der Waals surface area contributed by atoms with Gasteiger partial charge in [-0.05, 0) is 25.0 Å². The van der Waals surface area contributed by atoms with E-state index in [0.717, 1.165) is 30.6 Å². The van der Waals surface area contributed by atoms with Gasteiger partial charge < -0.3 is 20.4 Å². The number of carbonyl (C=O) groups is 4. The second-order valence-corrected chi connectivity index (χ2v) is 8.49. The van der Waals surface area contributed by atoms with Crippen LogP contribution in [0.15, 0.2) is 29.3 Å². The van der Waals surface area contributed by atoms with Gasteiger partial charge in [-0.25, -0.2) is 9.79 Å². The standard InChI is InChI=1S/C22H28N6O4/c1-26-19-18(21(31)27(2)22(26)32)28(13-23-19)12-17(29)25-16-11-7-6-10-15(16)20(30)24-14-8-4-3-5-9-14/h6-7,10-11,13-14,18-19H,3-5,8-9,12H2,1-2H3,(H,24,30)(H,25,29). The minimum atomic E-state index is -0.752. The normalized spacial score (nSPS) is 23.4. The van der Waals surface area contributed by atoms with Crippen LogP contribution < -0.4 is 10.6 Å². The number of para-hydroxylation sites is 1. The maximum Gasteiger partial charge on any atom is 0.328 e. The van der Waals surface area contributed by atoms with Crippen LogP contribution in [0, 0.1) is 0 Å². The molecule has 2 N–H and O–H groups in total. The van der Waals surface area contributed by atoms with E-state index in [9.17, 15) is 19.2 Å². The average Bonchev–Trinajstić information content (AvgIpc) is 3.20. The summed E-state index contributed by atoms with van der Waals surface area (Å²) in [6, 6.07) is 5.84. The van der Waals surface area contributed by atoms with E-state index in [2.05, 4.69) is 15.6 Å². The lowest BCUT2D eigenvalue weighted by Crippen LogP contribution is -2.64. The van der Waals surface area contributed by atoms with Gasteiger partial charge in [0, 0.05) is 20.1 Å². The molecule has 10 heteroatoms. The molecular formula is C22H28N6O4. The molecule has 0 aromatic heterocycles. The molecule has 1 aromatic rings. The van der Waals surface area contributed by atoms with Crippen LogP contribution in [-0.2, 0) is 9.59 Å². The minimum Gasteiger partial charge on any atom is -0.349 e. The van der Waals surface area contributed by atoms with E-state index in [0.29, 0.717) is 11.3 Å². The lowest BCUT2D eigenvalue weighted by Gasteiger charge is -2.39. The van der Waals surface area contributed by atoms with Crippen LogP contribution in [0.25, 0.3) is 0 Å². The molecule has 2 aliphatic heterocycles. The fraction of sp³-hybridized carbons (Fsp3) is 0.500. The van der Waals surface area contributed by atoms with Crippen molar-refractivity contribution in [3.63, 3.8) is 0 Å². The van der Waals surface area contributed by atoms with Crippen LogP contribution in [0.3, 0.4) is 0 Å². The Balaban J connectivity index is 1.42. The molecule has 4 rings (SSSR count). The Bertz CT molecular complexity index is 957. The van der Waals surface area contributed by atoms with Gasteiger partial charge in [0.2, 0.25) is 5.91 Å². The third-order valence-electron chi connectivity index (χ3n) is 6.29. The third-order valence-corrected chi connectivity index (χ3v) is 6.29. The van der Waals surface area contributed by atoms with Crippen molar-refractivity contribution in [3.05, 3.63) is 29.8 Å². The molecule has 3 aliphatic rings. The first-order valence-corrected chi connectivity index (χ1v) is 10.9.